The van der Waals surface area contributed by atoms with Gasteiger partial charge in [-0.05, 0) is 44.4 Å². The Kier molecular flexibility index (Phi) is 4.31. The van der Waals surface area contributed by atoms with Gasteiger partial charge in [-0.3, -0.25) is 0 Å². The van der Waals surface area contributed by atoms with Crippen molar-refractivity contribution in [2.24, 2.45) is 11.7 Å². The summed E-state index contributed by atoms with van der Waals surface area (Å²) in [4.78, 5) is 2.36. The molecule has 0 saturated heterocycles. The van der Waals surface area contributed by atoms with Crippen LogP contribution in [0.1, 0.15) is 32.6 Å². The molecule has 0 amide bonds. The number of hydrogen-bond donors (Lipinski definition) is 1. The van der Waals surface area contributed by atoms with Crippen LogP contribution >= 0.6 is 0 Å². The van der Waals surface area contributed by atoms with Gasteiger partial charge in [0.05, 0.1) is 0 Å². The maximum absolute atomic E-state index is 5.90. The number of nitrogens with zero attached hydrogens (tertiary/aromatic N) is 3. The van der Waals surface area contributed by atoms with Gasteiger partial charge in [0.1, 0.15) is 0 Å². The van der Waals surface area contributed by atoms with E-state index in [1.165, 1.54) is 25.7 Å². The molecule has 0 aromatic carbocycles. The first kappa shape index (κ1) is 12.3. The van der Waals surface area contributed by atoms with Crippen molar-refractivity contribution in [2.45, 2.75) is 38.6 Å². The summed E-state index contributed by atoms with van der Waals surface area (Å²) >= 11 is 0. The van der Waals surface area contributed by atoms with E-state index in [1.54, 1.807) is 6.20 Å². The summed E-state index contributed by atoms with van der Waals surface area (Å²) in [6.07, 6.45) is 6.82. The van der Waals surface area contributed by atoms with Crippen molar-refractivity contribution in [1.82, 2.24) is 10.2 Å². The molecule has 2 rings (SSSR count). The minimum absolute atomic E-state index is 0.537. The summed E-state index contributed by atoms with van der Waals surface area (Å²) < 4.78 is 0. The number of hydrogen-bond acceptors (Lipinski definition) is 4. The van der Waals surface area contributed by atoms with Crippen LogP contribution in [-0.4, -0.2) is 29.3 Å². The molecule has 94 valence electrons. The molecule has 1 fully saturated rings. The highest BCUT2D eigenvalue weighted by Gasteiger charge is 2.29. The number of nitrogens with two attached hydrogens (primary N) is 1. The molecule has 2 N–H and O–H groups in total. The van der Waals surface area contributed by atoms with Crippen LogP contribution in [0.3, 0.4) is 0 Å². The summed E-state index contributed by atoms with van der Waals surface area (Å²) in [7, 11) is 0. The van der Waals surface area contributed by atoms with Gasteiger partial charge in [0.2, 0.25) is 0 Å². The molecular formula is C13H22N4. The predicted molar refractivity (Wildman–Crippen MR) is 69.9 cm³/mol. The van der Waals surface area contributed by atoms with Gasteiger partial charge in [0.25, 0.3) is 0 Å². The Hall–Kier alpha value is -1.16. The van der Waals surface area contributed by atoms with Crippen LogP contribution in [0.25, 0.3) is 0 Å². The second-order valence-corrected chi connectivity index (χ2v) is 4.72. The molecule has 0 bridgehead atoms. The highest BCUT2D eigenvalue weighted by Crippen LogP contribution is 2.29. The second-order valence-electron chi connectivity index (χ2n) is 4.72. The molecule has 1 heterocycles. The predicted octanol–water partition coefficient (Wildman–Crippen LogP) is 1.82. The molecule has 1 aliphatic rings. The zero-order valence-corrected chi connectivity index (χ0v) is 10.5. The van der Waals surface area contributed by atoms with E-state index in [0.29, 0.717) is 12.0 Å². The van der Waals surface area contributed by atoms with Gasteiger partial charge in [0, 0.05) is 18.8 Å². The van der Waals surface area contributed by atoms with Gasteiger partial charge in [0.15, 0.2) is 5.82 Å². The molecule has 2 unspecified atom stereocenters. The van der Waals surface area contributed by atoms with E-state index in [-0.39, 0.29) is 0 Å². The largest absolute Gasteiger partial charge is 0.352 e. The van der Waals surface area contributed by atoms with Crippen molar-refractivity contribution in [1.29, 1.82) is 0 Å². The Morgan fingerprint density at radius 3 is 2.88 bits per heavy atom. The fourth-order valence-corrected chi connectivity index (χ4v) is 2.89. The first-order chi connectivity index (χ1) is 8.36. The second kappa shape index (κ2) is 5.96. The van der Waals surface area contributed by atoms with Gasteiger partial charge in [-0.1, -0.05) is 12.8 Å². The third-order valence-corrected chi connectivity index (χ3v) is 3.77. The van der Waals surface area contributed by atoms with Gasteiger partial charge in [-0.25, -0.2) is 0 Å². The number of aromatic nitrogens is 2. The van der Waals surface area contributed by atoms with E-state index >= 15 is 0 Å². The van der Waals surface area contributed by atoms with Crippen molar-refractivity contribution < 1.29 is 0 Å². The van der Waals surface area contributed by atoms with Crippen LogP contribution in [0.2, 0.25) is 0 Å². The van der Waals surface area contributed by atoms with Crippen molar-refractivity contribution in [3.8, 4) is 0 Å². The number of rotatable bonds is 4. The Balaban J connectivity index is 2.16. The fourth-order valence-electron chi connectivity index (χ4n) is 2.89. The molecule has 2 atom stereocenters. The molecule has 0 aliphatic heterocycles. The van der Waals surface area contributed by atoms with Gasteiger partial charge in [-0.15, -0.1) is 5.10 Å². The van der Waals surface area contributed by atoms with Crippen molar-refractivity contribution >= 4 is 5.82 Å². The number of anilines is 1. The molecule has 1 saturated carbocycles. The monoisotopic (exact) mass is 234 g/mol. The average Bonchev–Trinajstić information content (AvgIpc) is 2.41. The molecule has 0 spiro atoms. The van der Waals surface area contributed by atoms with E-state index in [2.05, 4.69) is 22.0 Å². The first-order valence-electron chi connectivity index (χ1n) is 6.61. The van der Waals surface area contributed by atoms with Crippen LogP contribution < -0.4 is 10.6 Å². The topological polar surface area (TPSA) is 55.0 Å². The Morgan fingerprint density at radius 2 is 2.24 bits per heavy atom. The Labute approximate surface area is 103 Å². The zero-order valence-electron chi connectivity index (χ0n) is 10.5. The highest BCUT2D eigenvalue weighted by molar-refractivity contribution is 5.38. The van der Waals surface area contributed by atoms with Crippen LogP contribution in [0.4, 0.5) is 5.82 Å². The molecular weight excluding hydrogens is 212 g/mol. The lowest BCUT2D eigenvalue weighted by atomic mass is 9.83. The molecule has 0 radical (unpaired) electrons. The van der Waals surface area contributed by atoms with E-state index in [0.717, 1.165) is 18.9 Å². The quantitative estimate of drug-likeness (QED) is 0.863. The van der Waals surface area contributed by atoms with Crippen LogP contribution in [0.15, 0.2) is 18.3 Å². The van der Waals surface area contributed by atoms with Gasteiger partial charge < -0.3 is 10.6 Å². The summed E-state index contributed by atoms with van der Waals surface area (Å²) in [6.45, 7) is 3.93. The van der Waals surface area contributed by atoms with Crippen molar-refractivity contribution in [3.63, 3.8) is 0 Å². The summed E-state index contributed by atoms with van der Waals surface area (Å²) in [5, 5.41) is 8.21. The third-order valence-electron chi connectivity index (χ3n) is 3.77. The third kappa shape index (κ3) is 2.75. The summed E-state index contributed by atoms with van der Waals surface area (Å²) in [5.74, 6) is 1.59. The van der Waals surface area contributed by atoms with E-state index in [4.69, 9.17) is 5.73 Å². The Morgan fingerprint density at radius 1 is 1.41 bits per heavy atom. The summed E-state index contributed by atoms with van der Waals surface area (Å²) in [6, 6.07) is 4.53. The maximum atomic E-state index is 5.90. The standard InChI is InChI=1S/C13H22N4/c1-2-17(13-8-5-9-15-16-13)12-7-4-3-6-11(12)10-14/h5,8-9,11-12H,2-4,6-7,10,14H2,1H3. The minimum atomic E-state index is 0.537. The lowest BCUT2D eigenvalue weighted by molar-refractivity contribution is 0.299. The Bertz CT molecular complexity index is 327. The average molecular weight is 234 g/mol. The fraction of sp³-hybridized carbons (Fsp3) is 0.692. The molecule has 1 aliphatic carbocycles. The van der Waals surface area contributed by atoms with Crippen LogP contribution in [0, 0.1) is 5.92 Å². The molecule has 17 heavy (non-hydrogen) atoms. The van der Waals surface area contributed by atoms with Gasteiger partial charge >= 0.3 is 0 Å². The van der Waals surface area contributed by atoms with E-state index in [1.807, 2.05) is 12.1 Å². The van der Waals surface area contributed by atoms with Gasteiger partial charge in [-0.2, -0.15) is 5.10 Å². The zero-order chi connectivity index (χ0) is 12.1. The molecule has 4 nitrogen and oxygen atoms in total. The lowest BCUT2D eigenvalue weighted by Gasteiger charge is -2.39. The van der Waals surface area contributed by atoms with Crippen LogP contribution in [0.5, 0.6) is 0 Å². The highest BCUT2D eigenvalue weighted by atomic mass is 15.3. The van der Waals surface area contributed by atoms with Crippen LogP contribution in [-0.2, 0) is 0 Å². The molecule has 4 heteroatoms. The minimum Gasteiger partial charge on any atom is -0.352 e. The first-order valence-corrected chi connectivity index (χ1v) is 6.61. The lowest BCUT2D eigenvalue weighted by Crippen LogP contribution is -2.45. The summed E-state index contributed by atoms with van der Waals surface area (Å²) in [5.41, 5.74) is 5.90. The maximum Gasteiger partial charge on any atom is 0.151 e. The van der Waals surface area contributed by atoms with E-state index in [9.17, 15) is 0 Å². The van der Waals surface area contributed by atoms with E-state index < -0.39 is 0 Å². The molecule has 1 aromatic heterocycles. The molecule has 1 aromatic rings. The van der Waals surface area contributed by atoms with Crippen molar-refractivity contribution in [2.75, 3.05) is 18.0 Å². The SMILES string of the molecule is CCN(c1cccnn1)C1CCCCC1CN. The smallest absolute Gasteiger partial charge is 0.151 e. The van der Waals surface area contributed by atoms with Crippen molar-refractivity contribution in [3.05, 3.63) is 18.3 Å². The normalized spacial score (nSPS) is 24.6.